The van der Waals surface area contributed by atoms with Crippen LogP contribution in [-0.2, 0) is 11.2 Å². The van der Waals surface area contributed by atoms with E-state index in [9.17, 15) is 0 Å². The van der Waals surface area contributed by atoms with Gasteiger partial charge < -0.3 is 19.9 Å². The Hall–Kier alpha value is -2.16. The molecule has 0 spiro atoms. The van der Waals surface area contributed by atoms with Crippen LogP contribution in [0.4, 0.5) is 0 Å². The van der Waals surface area contributed by atoms with Crippen LogP contribution in [0, 0.1) is 5.92 Å². The fourth-order valence-corrected chi connectivity index (χ4v) is 3.67. The van der Waals surface area contributed by atoms with Crippen molar-refractivity contribution in [2.24, 2.45) is 10.9 Å². The standard InChI is InChI=1S/C22H33ClN6O2/c1-4-24-22(26-15-19(16(2)3)29-11-13-30-14-12-29)25-10-9-20-27-21(28-31-20)17-5-7-18(23)8-6-17/h5-8,16,19H,4,9-15H2,1-3H3,(H2,24,25,26). The molecule has 3 rings (SSSR count). The topological polar surface area (TPSA) is 87.8 Å². The van der Waals surface area contributed by atoms with Crippen molar-refractivity contribution in [3.8, 4) is 11.4 Å². The van der Waals surface area contributed by atoms with E-state index < -0.39 is 0 Å². The molecule has 2 heterocycles. The van der Waals surface area contributed by atoms with Crippen molar-refractivity contribution >= 4 is 17.6 Å². The average molecular weight is 449 g/mol. The Bertz CT molecular complexity index is 818. The second kappa shape index (κ2) is 12.0. The van der Waals surface area contributed by atoms with Crippen molar-refractivity contribution in [3.63, 3.8) is 0 Å². The molecule has 170 valence electrons. The van der Waals surface area contributed by atoms with Crippen LogP contribution in [0.25, 0.3) is 11.4 Å². The number of aliphatic imine (C=N–C) groups is 1. The molecule has 0 saturated carbocycles. The Balaban J connectivity index is 1.53. The number of ether oxygens (including phenoxy) is 1. The van der Waals surface area contributed by atoms with E-state index in [1.54, 1.807) is 0 Å². The third-order valence-corrected chi connectivity index (χ3v) is 5.52. The fraction of sp³-hybridized carbons (Fsp3) is 0.591. The Labute approximate surface area is 189 Å². The second-order valence-corrected chi connectivity index (χ2v) is 8.31. The summed E-state index contributed by atoms with van der Waals surface area (Å²) in [5.41, 5.74) is 0.880. The van der Waals surface area contributed by atoms with Gasteiger partial charge in [-0.05, 0) is 37.1 Å². The fourth-order valence-electron chi connectivity index (χ4n) is 3.54. The second-order valence-electron chi connectivity index (χ2n) is 7.87. The maximum atomic E-state index is 5.94. The number of benzene rings is 1. The van der Waals surface area contributed by atoms with E-state index in [1.807, 2.05) is 24.3 Å². The summed E-state index contributed by atoms with van der Waals surface area (Å²) in [5.74, 6) is 2.48. The van der Waals surface area contributed by atoms with Crippen LogP contribution in [0.1, 0.15) is 26.7 Å². The number of guanidine groups is 1. The van der Waals surface area contributed by atoms with E-state index in [-0.39, 0.29) is 0 Å². The predicted octanol–water partition coefficient (Wildman–Crippen LogP) is 2.84. The van der Waals surface area contributed by atoms with Crippen molar-refractivity contribution in [3.05, 3.63) is 35.2 Å². The number of nitrogens with one attached hydrogen (secondary N) is 2. The van der Waals surface area contributed by atoms with Gasteiger partial charge in [-0.1, -0.05) is 30.6 Å². The van der Waals surface area contributed by atoms with Gasteiger partial charge in [0.1, 0.15) is 0 Å². The molecule has 1 aromatic heterocycles. The summed E-state index contributed by atoms with van der Waals surface area (Å²) < 4.78 is 10.9. The summed E-state index contributed by atoms with van der Waals surface area (Å²) in [6.45, 7) is 12.3. The number of hydrogen-bond acceptors (Lipinski definition) is 6. The van der Waals surface area contributed by atoms with E-state index in [0.29, 0.717) is 41.7 Å². The normalized spacial score (nSPS) is 16.5. The molecule has 9 heteroatoms. The number of aromatic nitrogens is 2. The van der Waals surface area contributed by atoms with Gasteiger partial charge in [0.15, 0.2) is 5.96 Å². The van der Waals surface area contributed by atoms with Crippen molar-refractivity contribution in [2.75, 3.05) is 45.9 Å². The summed E-state index contributed by atoms with van der Waals surface area (Å²) >= 11 is 5.94. The molecule has 1 saturated heterocycles. The number of rotatable bonds is 9. The van der Waals surface area contributed by atoms with Crippen LogP contribution in [-0.4, -0.2) is 73.0 Å². The molecule has 2 N–H and O–H groups in total. The molecule has 0 bridgehead atoms. The zero-order chi connectivity index (χ0) is 22.1. The smallest absolute Gasteiger partial charge is 0.228 e. The lowest BCUT2D eigenvalue weighted by Crippen LogP contribution is -2.48. The van der Waals surface area contributed by atoms with Crippen LogP contribution >= 0.6 is 11.6 Å². The van der Waals surface area contributed by atoms with Gasteiger partial charge in [-0.15, -0.1) is 0 Å². The molecule has 1 unspecified atom stereocenters. The minimum Gasteiger partial charge on any atom is -0.379 e. The molecule has 8 nitrogen and oxygen atoms in total. The Morgan fingerprint density at radius 2 is 1.94 bits per heavy atom. The van der Waals surface area contributed by atoms with E-state index in [4.69, 9.17) is 25.9 Å². The Morgan fingerprint density at radius 3 is 2.61 bits per heavy atom. The first kappa shape index (κ1) is 23.5. The Kier molecular flexibility index (Phi) is 9.12. The predicted molar refractivity (Wildman–Crippen MR) is 123 cm³/mol. The average Bonchev–Trinajstić information content (AvgIpc) is 3.24. The molecule has 1 aliphatic rings. The highest BCUT2D eigenvalue weighted by atomic mass is 35.5. The van der Waals surface area contributed by atoms with Gasteiger partial charge >= 0.3 is 0 Å². The van der Waals surface area contributed by atoms with E-state index in [2.05, 4.69) is 46.4 Å². The highest BCUT2D eigenvalue weighted by Gasteiger charge is 2.23. The molecule has 1 aliphatic heterocycles. The summed E-state index contributed by atoms with van der Waals surface area (Å²) in [6.07, 6.45) is 0.613. The molecular weight excluding hydrogens is 416 g/mol. The van der Waals surface area contributed by atoms with Crippen LogP contribution in [0.3, 0.4) is 0 Å². The molecule has 31 heavy (non-hydrogen) atoms. The van der Waals surface area contributed by atoms with Crippen LogP contribution in [0.15, 0.2) is 33.8 Å². The summed E-state index contributed by atoms with van der Waals surface area (Å²) in [5, 5.41) is 11.4. The monoisotopic (exact) mass is 448 g/mol. The Morgan fingerprint density at radius 1 is 1.19 bits per heavy atom. The van der Waals surface area contributed by atoms with E-state index in [0.717, 1.165) is 50.9 Å². The number of nitrogens with zero attached hydrogens (tertiary/aromatic N) is 4. The first-order valence-corrected chi connectivity index (χ1v) is 11.4. The maximum Gasteiger partial charge on any atom is 0.228 e. The van der Waals surface area contributed by atoms with Gasteiger partial charge in [0.05, 0.1) is 19.8 Å². The number of halogens is 1. The quantitative estimate of drug-likeness (QED) is 0.450. The number of morpholine rings is 1. The molecule has 1 atom stereocenters. The summed E-state index contributed by atoms with van der Waals surface area (Å²) in [6, 6.07) is 7.79. The van der Waals surface area contributed by atoms with Gasteiger partial charge in [-0.3, -0.25) is 9.89 Å². The SMILES string of the molecule is CCNC(=NCC(C(C)C)N1CCOCC1)NCCc1nc(-c2ccc(Cl)cc2)no1. The van der Waals surface area contributed by atoms with Crippen LogP contribution < -0.4 is 10.6 Å². The van der Waals surface area contributed by atoms with Crippen molar-refractivity contribution in [2.45, 2.75) is 33.2 Å². The lowest BCUT2D eigenvalue weighted by molar-refractivity contribution is 0.00867. The molecule has 1 fully saturated rings. The third-order valence-electron chi connectivity index (χ3n) is 5.27. The molecule has 2 aromatic rings. The molecular formula is C22H33ClN6O2. The largest absolute Gasteiger partial charge is 0.379 e. The lowest BCUT2D eigenvalue weighted by Gasteiger charge is -2.36. The minimum atomic E-state index is 0.400. The highest BCUT2D eigenvalue weighted by Crippen LogP contribution is 2.18. The molecule has 1 aromatic carbocycles. The van der Waals surface area contributed by atoms with Gasteiger partial charge in [0, 0.05) is 49.2 Å². The van der Waals surface area contributed by atoms with Gasteiger partial charge in [0.25, 0.3) is 0 Å². The maximum absolute atomic E-state index is 5.94. The van der Waals surface area contributed by atoms with Gasteiger partial charge in [-0.25, -0.2) is 0 Å². The van der Waals surface area contributed by atoms with Crippen molar-refractivity contribution in [1.29, 1.82) is 0 Å². The van der Waals surface area contributed by atoms with Crippen molar-refractivity contribution in [1.82, 2.24) is 25.7 Å². The first-order chi connectivity index (χ1) is 15.1. The lowest BCUT2D eigenvalue weighted by atomic mass is 10.0. The highest BCUT2D eigenvalue weighted by molar-refractivity contribution is 6.30. The zero-order valence-electron chi connectivity index (χ0n) is 18.6. The minimum absolute atomic E-state index is 0.400. The summed E-state index contributed by atoms with van der Waals surface area (Å²) in [4.78, 5) is 11.8. The van der Waals surface area contributed by atoms with Crippen molar-refractivity contribution < 1.29 is 9.26 Å². The van der Waals surface area contributed by atoms with E-state index >= 15 is 0 Å². The van der Waals surface area contributed by atoms with Gasteiger partial charge in [-0.2, -0.15) is 4.98 Å². The molecule has 0 aliphatic carbocycles. The zero-order valence-corrected chi connectivity index (χ0v) is 19.4. The first-order valence-electron chi connectivity index (χ1n) is 11.0. The molecule has 0 radical (unpaired) electrons. The molecule has 0 amide bonds. The summed E-state index contributed by atoms with van der Waals surface area (Å²) in [7, 11) is 0. The van der Waals surface area contributed by atoms with E-state index in [1.165, 1.54) is 0 Å². The number of hydrogen-bond donors (Lipinski definition) is 2. The van der Waals surface area contributed by atoms with Crippen LogP contribution in [0.5, 0.6) is 0 Å². The van der Waals surface area contributed by atoms with Crippen LogP contribution in [0.2, 0.25) is 5.02 Å². The van der Waals surface area contributed by atoms with Gasteiger partial charge in [0.2, 0.25) is 11.7 Å². The third kappa shape index (κ3) is 7.19.